The van der Waals surface area contributed by atoms with Gasteiger partial charge in [0.1, 0.15) is 5.60 Å². The molecule has 0 heterocycles. The normalized spacial score (nSPS) is 12.8. The van der Waals surface area contributed by atoms with Gasteiger partial charge in [0.25, 0.3) is 0 Å². The van der Waals surface area contributed by atoms with Crippen molar-refractivity contribution in [2.45, 2.75) is 60.0 Å². The molecule has 78 valence electrons. The van der Waals surface area contributed by atoms with Crippen molar-refractivity contribution in [1.82, 2.24) is 0 Å². The topological polar surface area (TPSA) is 26.3 Å². The molecule has 0 bridgehead atoms. The van der Waals surface area contributed by atoms with Crippen molar-refractivity contribution in [3.63, 3.8) is 0 Å². The first-order valence-electron chi connectivity index (χ1n) is 4.92. The summed E-state index contributed by atoms with van der Waals surface area (Å²) in [5, 5.41) is 0. The highest BCUT2D eigenvalue weighted by atomic mass is 16.6. The zero-order chi connectivity index (χ0) is 10.7. The Labute approximate surface area is 81.7 Å². The molecular formula is C11H22O2. The lowest BCUT2D eigenvalue weighted by Crippen LogP contribution is -2.34. The number of esters is 1. The number of carbonyl (C=O) groups is 1. The quantitative estimate of drug-likeness (QED) is 0.633. The van der Waals surface area contributed by atoms with E-state index in [2.05, 4.69) is 6.92 Å². The van der Waals surface area contributed by atoms with E-state index in [1.165, 1.54) is 0 Å². The maximum absolute atomic E-state index is 11.5. The van der Waals surface area contributed by atoms with Crippen molar-refractivity contribution >= 4 is 5.97 Å². The van der Waals surface area contributed by atoms with Crippen molar-refractivity contribution in [3.05, 3.63) is 0 Å². The minimum atomic E-state index is -0.398. The SMILES string of the molecule is CCCC(C)(C)OC(=O)C(C)(C)C. The summed E-state index contributed by atoms with van der Waals surface area (Å²) in [5.74, 6) is -0.119. The molecule has 0 saturated carbocycles. The van der Waals surface area contributed by atoms with Gasteiger partial charge in [-0.1, -0.05) is 13.3 Å². The van der Waals surface area contributed by atoms with E-state index < -0.39 is 5.41 Å². The molecule has 2 nitrogen and oxygen atoms in total. The second-order valence-electron chi connectivity index (χ2n) is 5.15. The molecule has 0 fully saturated rings. The van der Waals surface area contributed by atoms with Crippen LogP contribution >= 0.6 is 0 Å². The molecule has 0 radical (unpaired) electrons. The van der Waals surface area contributed by atoms with Gasteiger partial charge in [-0.25, -0.2) is 0 Å². The maximum atomic E-state index is 11.5. The first kappa shape index (κ1) is 12.5. The molecule has 0 amide bonds. The van der Waals surface area contributed by atoms with Crippen LogP contribution in [0.2, 0.25) is 0 Å². The van der Waals surface area contributed by atoms with Gasteiger partial charge in [-0.3, -0.25) is 4.79 Å². The van der Waals surface area contributed by atoms with Crippen LogP contribution in [-0.4, -0.2) is 11.6 Å². The minimum absolute atomic E-state index is 0.119. The number of carbonyl (C=O) groups excluding carboxylic acids is 1. The van der Waals surface area contributed by atoms with E-state index in [1.54, 1.807) is 0 Å². The predicted octanol–water partition coefficient (Wildman–Crippen LogP) is 3.15. The summed E-state index contributed by atoms with van der Waals surface area (Å²) in [6.07, 6.45) is 1.94. The number of hydrogen-bond donors (Lipinski definition) is 0. The summed E-state index contributed by atoms with van der Waals surface area (Å²) in [4.78, 5) is 11.5. The summed E-state index contributed by atoms with van der Waals surface area (Å²) >= 11 is 0. The summed E-state index contributed by atoms with van der Waals surface area (Å²) < 4.78 is 5.40. The van der Waals surface area contributed by atoms with Gasteiger partial charge >= 0.3 is 5.97 Å². The van der Waals surface area contributed by atoms with Crippen molar-refractivity contribution in [3.8, 4) is 0 Å². The van der Waals surface area contributed by atoms with Crippen LogP contribution in [0.5, 0.6) is 0 Å². The Bertz CT molecular complexity index is 175. The standard InChI is InChI=1S/C11H22O2/c1-7-8-11(5,6)13-9(12)10(2,3)4/h7-8H2,1-6H3. The van der Waals surface area contributed by atoms with Gasteiger partial charge in [0.05, 0.1) is 5.41 Å². The van der Waals surface area contributed by atoms with Crippen molar-refractivity contribution in [2.24, 2.45) is 5.41 Å². The Kier molecular flexibility index (Phi) is 3.95. The lowest BCUT2D eigenvalue weighted by Gasteiger charge is -2.28. The zero-order valence-corrected chi connectivity index (χ0v) is 9.73. The molecular weight excluding hydrogens is 164 g/mol. The van der Waals surface area contributed by atoms with Crippen LogP contribution in [0.1, 0.15) is 54.4 Å². The fraction of sp³-hybridized carbons (Fsp3) is 0.909. The molecule has 0 unspecified atom stereocenters. The Morgan fingerprint density at radius 1 is 1.15 bits per heavy atom. The molecule has 0 rings (SSSR count). The van der Waals surface area contributed by atoms with E-state index in [1.807, 2.05) is 34.6 Å². The second kappa shape index (κ2) is 4.12. The third-order valence-electron chi connectivity index (χ3n) is 1.83. The van der Waals surface area contributed by atoms with Crippen LogP contribution in [0, 0.1) is 5.41 Å². The van der Waals surface area contributed by atoms with Crippen molar-refractivity contribution < 1.29 is 9.53 Å². The van der Waals surface area contributed by atoms with Gasteiger partial charge in [0.2, 0.25) is 0 Å². The fourth-order valence-corrected chi connectivity index (χ4v) is 1.06. The molecule has 13 heavy (non-hydrogen) atoms. The molecule has 0 aliphatic heterocycles. The fourth-order valence-electron chi connectivity index (χ4n) is 1.06. The Morgan fingerprint density at radius 3 is 1.92 bits per heavy atom. The van der Waals surface area contributed by atoms with Crippen LogP contribution in [0.15, 0.2) is 0 Å². The highest BCUT2D eigenvalue weighted by Gasteiger charge is 2.29. The molecule has 0 atom stereocenters. The van der Waals surface area contributed by atoms with Gasteiger partial charge in [-0.05, 0) is 41.0 Å². The number of ether oxygens (including phenoxy) is 1. The zero-order valence-electron chi connectivity index (χ0n) is 9.73. The Hall–Kier alpha value is -0.530. The minimum Gasteiger partial charge on any atom is -0.459 e. The van der Waals surface area contributed by atoms with E-state index in [4.69, 9.17) is 4.74 Å². The summed E-state index contributed by atoms with van der Waals surface area (Å²) in [5.41, 5.74) is -0.718. The van der Waals surface area contributed by atoms with E-state index in [0.717, 1.165) is 12.8 Å². The molecule has 0 N–H and O–H groups in total. The van der Waals surface area contributed by atoms with Crippen LogP contribution in [-0.2, 0) is 9.53 Å². The maximum Gasteiger partial charge on any atom is 0.311 e. The average molecular weight is 186 g/mol. The summed E-state index contributed by atoms with van der Waals surface area (Å²) in [6.45, 7) is 11.6. The van der Waals surface area contributed by atoms with Gasteiger partial charge in [0.15, 0.2) is 0 Å². The largest absolute Gasteiger partial charge is 0.459 e. The third kappa shape index (κ3) is 4.91. The second-order valence-corrected chi connectivity index (χ2v) is 5.15. The molecule has 0 spiro atoms. The molecule has 0 saturated heterocycles. The smallest absolute Gasteiger partial charge is 0.311 e. The van der Waals surface area contributed by atoms with E-state index in [9.17, 15) is 4.79 Å². The molecule has 0 aliphatic rings. The number of rotatable bonds is 3. The monoisotopic (exact) mass is 186 g/mol. The Morgan fingerprint density at radius 2 is 1.62 bits per heavy atom. The van der Waals surface area contributed by atoms with E-state index in [0.29, 0.717) is 0 Å². The highest BCUT2D eigenvalue weighted by molar-refractivity contribution is 5.75. The number of hydrogen-bond acceptors (Lipinski definition) is 2. The van der Waals surface area contributed by atoms with Gasteiger partial charge in [-0.2, -0.15) is 0 Å². The van der Waals surface area contributed by atoms with Gasteiger partial charge in [0, 0.05) is 0 Å². The first-order valence-corrected chi connectivity index (χ1v) is 4.92. The lowest BCUT2D eigenvalue weighted by atomic mass is 9.96. The highest BCUT2D eigenvalue weighted by Crippen LogP contribution is 2.23. The van der Waals surface area contributed by atoms with Gasteiger partial charge in [-0.15, -0.1) is 0 Å². The van der Waals surface area contributed by atoms with Crippen molar-refractivity contribution in [1.29, 1.82) is 0 Å². The van der Waals surface area contributed by atoms with Gasteiger partial charge < -0.3 is 4.74 Å². The van der Waals surface area contributed by atoms with Crippen LogP contribution in [0.3, 0.4) is 0 Å². The molecule has 2 heteroatoms. The average Bonchev–Trinajstić information content (AvgIpc) is 1.83. The van der Waals surface area contributed by atoms with Crippen LogP contribution < -0.4 is 0 Å². The van der Waals surface area contributed by atoms with E-state index in [-0.39, 0.29) is 11.6 Å². The molecule has 0 aromatic carbocycles. The van der Waals surface area contributed by atoms with Crippen molar-refractivity contribution in [2.75, 3.05) is 0 Å². The molecule has 0 aliphatic carbocycles. The third-order valence-corrected chi connectivity index (χ3v) is 1.83. The lowest BCUT2D eigenvalue weighted by molar-refractivity contribution is -0.166. The summed E-state index contributed by atoms with van der Waals surface area (Å²) in [6, 6.07) is 0. The summed E-state index contributed by atoms with van der Waals surface area (Å²) in [7, 11) is 0. The predicted molar refractivity (Wildman–Crippen MR) is 54.5 cm³/mol. The van der Waals surface area contributed by atoms with Crippen LogP contribution in [0.25, 0.3) is 0 Å². The van der Waals surface area contributed by atoms with E-state index >= 15 is 0 Å². The van der Waals surface area contributed by atoms with Crippen LogP contribution in [0.4, 0.5) is 0 Å². The molecule has 0 aromatic heterocycles. The first-order chi connectivity index (χ1) is 5.69. The Balaban J connectivity index is 4.20. The molecule has 0 aromatic rings.